The van der Waals surface area contributed by atoms with E-state index in [1.54, 1.807) is 7.05 Å². The Morgan fingerprint density at radius 1 is 1.43 bits per heavy atom. The fourth-order valence-electron chi connectivity index (χ4n) is 1.61. The average molecular weight is 333 g/mol. The standard InChI is InChI=1S/C12H14ClFN4O2S/c1-15-4-5-18-8-10(7-16-18)21(19,20)17-12-6-9(14)2-3-11(12)13/h2-3,6-8,15,17H,4-5H2,1H3. The topological polar surface area (TPSA) is 76.0 Å². The fourth-order valence-corrected chi connectivity index (χ4v) is 2.85. The number of anilines is 1. The van der Waals surface area contributed by atoms with Crippen LogP contribution in [0.4, 0.5) is 10.1 Å². The number of rotatable bonds is 6. The Labute approximate surface area is 127 Å². The van der Waals surface area contributed by atoms with Gasteiger partial charge < -0.3 is 5.32 Å². The van der Waals surface area contributed by atoms with E-state index in [4.69, 9.17) is 11.6 Å². The lowest BCUT2D eigenvalue weighted by Gasteiger charge is -2.08. The molecule has 6 nitrogen and oxygen atoms in total. The summed E-state index contributed by atoms with van der Waals surface area (Å²) in [6.45, 7) is 1.19. The molecule has 0 saturated carbocycles. The van der Waals surface area contributed by atoms with Crippen LogP contribution in [-0.2, 0) is 16.6 Å². The first-order valence-electron chi connectivity index (χ1n) is 6.07. The molecule has 2 aromatic rings. The van der Waals surface area contributed by atoms with Crippen molar-refractivity contribution >= 4 is 27.3 Å². The van der Waals surface area contributed by atoms with Crippen molar-refractivity contribution < 1.29 is 12.8 Å². The highest BCUT2D eigenvalue weighted by Gasteiger charge is 2.18. The molecule has 0 unspecified atom stereocenters. The first-order valence-corrected chi connectivity index (χ1v) is 7.93. The molecular formula is C12H14ClFN4O2S. The average Bonchev–Trinajstić information content (AvgIpc) is 2.90. The van der Waals surface area contributed by atoms with Crippen molar-refractivity contribution in [2.75, 3.05) is 18.3 Å². The highest BCUT2D eigenvalue weighted by molar-refractivity contribution is 7.92. The quantitative estimate of drug-likeness (QED) is 0.844. The molecule has 0 aliphatic rings. The smallest absolute Gasteiger partial charge is 0.265 e. The number of nitrogens with one attached hydrogen (secondary N) is 2. The van der Waals surface area contributed by atoms with E-state index in [1.807, 2.05) is 0 Å². The van der Waals surface area contributed by atoms with Gasteiger partial charge >= 0.3 is 0 Å². The summed E-state index contributed by atoms with van der Waals surface area (Å²) in [4.78, 5) is -0.0149. The zero-order valence-corrected chi connectivity index (χ0v) is 12.7. The molecule has 0 fully saturated rings. The normalized spacial score (nSPS) is 11.6. The van der Waals surface area contributed by atoms with Gasteiger partial charge in [-0.2, -0.15) is 5.10 Å². The summed E-state index contributed by atoms with van der Waals surface area (Å²) < 4.78 is 41.3. The van der Waals surface area contributed by atoms with Crippen molar-refractivity contribution in [1.29, 1.82) is 0 Å². The second-order valence-electron chi connectivity index (χ2n) is 4.27. The van der Waals surface area contributed by atoms with Gasteiger partial charge in [-0.05, 0) is 25.2 Å². The number of hydrogen-bond acceptors (Lipinski definition) is 4. The van der Waals surface area contributed by atoms with E-state index in [2.05, 4.69) is 15.1 Å². The van der Waals surface area contributed by atoms with Gasteiger partial charge in [-0.15, -0.1) is 0 Å². The predicted molar refractivity (Wildman–Crippen MR) is 78.4 cm³/mol. The fraction of sp³-hybridized carbons (Fsp3) is 0.250. The zero-order valence-electron chi connectivity index (χ0n) is 11.2. The second kappa shape index (κ2) is 6.42. The molecule has 0 saturated heterocycles. The van der Waals surface area contributed by atoms with Crippen molar-refractivity contribution in [1.82, 2.24) is 15.1 Å². The predicted octanol–water partition coefficient (Wildman–Crippen LogP) is 1.70. The summed E-state index contributed by atoms with van der Waals surface area (Å²) in [5, 5.41) is 7.00. The molecule has 2 rings (SSSR count). The third kappa shape index (κ3) is 3.93. The number of likely N-dealkylation sites (N-methyl/N-ethyl adjacent to an activating group) is 1. The SMILES string of the molecule is CNCCn1cc(S(=O)(=O)Nc2cc(F)ccc2Cl)cn1. The second-order valence-corrected chi connectivity index (χ2v) is 6.36. The largest absolute Gasteiger partial charge is 0.318 e. The van der Waals surface area contributed by atoms with E-state index in [0.717, 1.165) is 12.1 Å². The zero-order chi connectivity index (χ0) is 15.5. The van der Waals surface area contributed by atoms with Crippen molar-refractivity contribution in [3.8, 4) is 0 Å². The molecule has 9 heteroatoms. The highest BCUT2D eigenvalue weighted by Crippen LogP contribution is 2.25. The van der Waals surface area contributed by atoms with E-state index in [9.17, 15) is 12.8 Å². The van der Waals surface area contributed by atoms with Gasteiger partial charge in [0, 0.05) is 12.7 Å². The molecule has 2 N–H and O–H groups in total. The van der Waals surface area contributed by atoms with E-state index in [-0.39, 0.29) is 15.6 Å². The molecule has 0 amide bonds. The maximum absolute atomic E-state index is 13.2. The Bertz CT molecular complexity index is 733. The van der Waals surface area contributed by atoms with Crippen LogP contribution in [0.15, 0.2) is 35.5 Å². The molecule has 0 radical (unpaired) electrons. The van der Waals surface area contributed by atoms with E-state index >= 15 is 0 Å². The van der Waals surface area contributed by atoms with E-state index < -0.39 is 15.8 Å². The number of aromatic nitrogens is 2. The lowest BCUT2D eigenvalue weighted by Crippen LogP contribution is -2.15. The van der Waals surface area contributed by atoms with Crippen LogP contribution in [0.3, 0.4) is 0 Å². The third-order valence-electron chi connectivity index (χ3n) is 2.68. The number of benzene rings is 1. The van der Waals surface area contributed by atoms with Gasteiger partial charge in [0.1, 0.15) is 10.7 Å². The minimum absolute atomic E-state index is 0.0142. The minimum atomic E-state index is -3.86. The maximum atomic E-state index is 13.2. The first kappa shape index (κ1) is 15.7. The molecule has 0 atom stereocenters. The number of hydrogen-bond donors (Lipinski definition) is 2. The molecule has 1 aromatic carbocycles. The molecule has 114 valence electrons. The highest BCUT2D eigenvalue weighted by atomic mass is 35.5. The van der Waals surface area contributed by atoms with Gasteiger partial charge in [0.25, 0.3) is 10.0 Å². The van der Waals surface area contributed by atoms with Gasteiger partial charge in [0.15, 0.2) is 0 Å². The molecule has 0 spiro atoms. The van der Waals surface area contributed by atoms with Crippen LogP contribution >= 0.6 is 11.6 Å². The van der Waals surface area contributed by atoms with Gasteiger partial charge in [-0.1, -0.05) is 11.6 Å². The summed E-state index contributed by atoms with van der Waals surface area (Å²) in [7, 11) is -2.08. The summed E-state index contributed by atoms with van der Waals surface area (Å²) in [6.07, 6.45) is 2.62. The van der Waals surface area contributed by atoms with Crippen LogP contribution in [-0.4, -0.2) is 31.8 Å². The maximum Gasteiger partial charge on any atom is 0.265 e. The van der Waals surface area contributed by atoms with Crippen LogP contribution in [0.1, 0.15) is 0 Å². The number of halogens is 2. The summed E-state index contributed by atoms with van der Waals surface area (Å²) in [5.41, 5.74) is -0.0142. The van der Waals surface area contributed by atoms with Crippen molar-refractivity contribution in [2.45, 2.75) is 11.4 Å². The van der Waals surface area contributed by atoms with Crippen LogP contribution < -0.4 is 10.0 Å². The first-order chi connectivity index (χ1) is 9.92. The lowest BCUT2D eigenvalue weighted by molar-refractivity contribution is 0.582. The Hall–Kier alpha value is -1.64. The molecule has 1 heterocycles. The van der Waals surface area contributed by atoms with Crippen molar-refractivity contribution in [3.05, 3.63) is 41.4 Å². The molecule has 0 aliphatic carbocycles. The molecule has 21 heavy (non-hydrogen) atoms. The van der Waals surface area contributed by atoms with Crippen LogP contribution in [0, 0.1) is 5.82 Å². The van der Waals surface area contributed by atoms with Crippen LogP contribution in [0.2, 0.25) is 5.02 Å². The van der Waals surface area contributed by atoms with Crippen LogP contribution in [0.25, 0.3) is 0 Å². The Kier molecular flexibility index (Phi) is 4.81. The Morgan fingerprint density at radius 3 is 2.90 bits per heavy atom. The van der Waals surface area contributed by atoms with Crippen molar-refractivity contribution in [2.24, 2.45) is 0 Å². The third-order valence-corrected chi connectivity index (χ3v) is 4.33. The summed E-state index contributed by atoms with van der Waals surface area (Å²) >= 11 is 5.84. The number of sulfonamides is 1. The van der Waals surface area contributed by atoms with Gasteiger partial charge in [0.05, 0.1) is 23.5 Å². The Balaban J connectivity index is 2.22. The molecule has 0 aliphatic heterocycles. The van der Waals surface area contributed by atoms with Crippen molar-refractivity contribution in [3.63, 3.8) is 0 Å². The van der Waals surface area contributed by atoms with Gasteiger partial charge in [-0.3, -0.25) is 9.40 Å². The summed E-state index contributed by atoms with van der Waals surface area (Å²) in [5.74, 6) is -0.582. The Morgan fingerprint density at radius 2 is 2.19 bits per heavy atom. The lowest BCUT2D eigenvalue weighted by atomic mass is 10.3. The monoisotopic (exact) mass is 332 g/mol. The van der Waals surface area contributed by atoms with Gasteiger partial charge in [0.2, 0.25) is 0 Å². The summed E-state index contributed by atoms with van der Waals surface area (Å²) in [6, 6.07) is 3.45. The van der Waals surface area contributed by atoms with Gasteiger partial charge in [-0.25, -0.2) is 12.8 Å². The molecule has 1 aromatic heterocycles. The number of nitrogens with zero attached hydrogens (tertiary/aromatic N) is 2. The molecule has 0 bridgehead atoms. The van der Waals surface area contributed by atoms with Crippen LogP contribution in [0.5, 0.6) is 0 Å². The van der Waals surface area contributed by atoms with E-state index in [0.29, 0.717) is 13.1 Å². The minimum Gasteiger partial charge on any atom is -0.318 e. The van der Waals surface area contributed by atoms with E-state index in [1.165, 1.54) is 23.1 Å². The molecular weight excluding hydrogens is 319 g/mol.